The van der Waals surface area contributed by atoms with Gasteiger partial charge in [0.05, 0.1) is 11.4 Å². The number of hydrogen-bond acceptors (Lipinski definition) is 5. The monoisotopic (exact) mass is 1070 g/mol. The van der Waals surface area contributed by atoms with Crippen molar-refractivity contribution in [3.05, 3.63) is 216 Å². The molecule has 0 amide bonds. The molecule has 0 N–H and O–H groups in total. The molecule has 9 aromatic carbocycles. The van der Waals surface area contributed by atoms with Crippen LogP contribution in [0.2, 0.25) is 0 Å². The minimum atomic E-state index is -0.335. The van der Waals surface area contributed by atoms with Gasteiger partial charge in [0.25, 0.3) is 0 Å². The van der Waals surface area contributed by atoms with Gasteiger partial charge in [-0.25, -0.2) is 0 Å². The Morgan fingerprint density at radius 1 is 0.439 bits per heavy atom. The molecule has 4 heterocycles. The standard InChI is InChI=1S/C76H74BN3O2/c1-72(2,3)48-27-32-51(33-28-48)78(52-34-29-49(30-35-52)73(4,5)6)53-36-38-55-62(45-53)80(54-37-39-59-60(44-54)76(12,13)42-41-75(59,10)11)77-69-57-24-18-20-26-65(57)82-71(69)79(61-40-31-50(74(7,8)9)43-58(61)47-21-15-14-16-22-47)63-46-66-67(68(55)70(63)77)56-23-17-19-25-64(56)81-66/h14-40,43-46H,41-42H2,1-13H3. The van der Waals surface area contributed by atoms with E-state index in [1.165, 1.54) is 38.8 Å². The van der Waals surface area contributed by atoms with Crippen LogP contribution in [0.3, 0.4) is 0 Å². The first-order valence-corrected chi connectivity index (χ1v) is 29.6. The van der Waals surface area contributed by atoms with Gasteiger partial charge >= 0.3 is 6.85 Å². The van der Waals surface area contributed by atoms with Crippen molar-refractivity contribution in [2.75, 3.05) is 14.6 Å². The summed E-state index contributed by atoms with van der Waals surface area (Å²) in [6.45, 7) is 30.1. The highest BCUT2D eigenvalue weighted by Crippen LogP contribution is 2.56. The average Bonchev–Trinajstić information content (AvgIpc) is 1.54. The Bertz CT molecular complexity index is 4290. The maximum Gasteiger partial charge on any atom is 0.337 e. The van der Waals surface area contributed by atoms with Gasteiger partial charge in [-0.3, -0.25) is 4.90 Å². The van der Waals surface area contributed by atoms with Gasteiger partial charge in [-0.2, -0.15) is 0 Å². The van der Waals surface area contributed by atoms with Gasteiger partial charge in [0, 0.05) is 67.3 Å². The molecule has 6 heteroatoms. The van der Waals surface area contributed by atoms with Crippen LogP contribution in [0.1, 0.15) is 131 Å². The smallest absolute Gasteiger partial charge is 0.337 e. The van der Waals surface area contributed by atoms with Gasteiger partial charge in [0.2, 0.25) is 5.88 Å². The molecule has 0 fully saturated rings. The van der Waals surface area contributed by atoms with E-state index in [2.05, 4.69) is 293 Å². The summed E-state index contributed by atoms with van der Waals surface area (Å²) in [5, 5.41) is 3.32. The van der Waals surface area contributed by atoms with Crippen molar-refractivity contribution in [2.45, 2.75) is 130 Å². The number of benzene rings is 9. The summed E-state index contributed by atoms with van der Waals surface area (Å²) in [7, 11) is 0. The topological polar surface area (TPSA) is 36.0 Å². The number of furan rings is 2. The second kappa shape index (κ2) is 18.1. The maximum absolute atomic E-state index is 7.50. The molecule has 0 saturated heterocycles. The molecule has 1 aliphatic carbocycles. The lowest BCUT2D eigenvalue weighted by Crippen LogP contribution is -2.61. The summed E-state index contributed by atoms with van der Waals surface area (Å²) < 4.78 is 14.6. The van der Waals surface area contributed by atoms with E-state index in [0.717, 1.165) is 114 Å². The molecule has 2 aliphatic heterocycles. The maximum atomic E-state index is 7.50. The minimum Gasteiger partial charge on any atom is -0.456 e. The molecule has 0 spiro atoms. The van der Waals surface area contributed by atoms with Crippen molar-refractivity contribution >= 4 is 96.4 Å². The number of para-hydroxylation sites is 2. The summed E-state index contributed by atoms with van der Waals surface area (Å²) >= 11 is 0. The molecule has 0 atom stereocenters. The second-order valence-corrected chi connectivity index (χ2v) is 28.1. The fourth-order valence-corrected chi connectivity index (χ4v) is 13.8. The van der Waals surface area contributed by atoms with Crippen LogP contribution in [0.25, 0.3) is 55.2 Å². The number of anilines is 8. The normalized spacial score (nSPS) is 15.4. The lowest BCUT2D eigenvalue weighted by molar-refractivity contribution is 0.332. The van der Waals surface area contributed by atoms with E-state index in [-0.39, 0.29) is 33.9 Å². The van der Waals surface area contributed by atoms with Crippen LogP contribution in [0, 0.1) is 0 Å². The molecule has 82 heavy (non-hydrogen) atoms. The van der Waals surface area contributed by atoms with Crippen LogP contribution in [0.15, 0.2) is 197 Å². The van der Waals surface area contributed by atoms with Crippen LogP contribution in [-0.4, -0.2) is 6.85 Å². The Kier molecular flexibility index (Phi) is 11.5. The van der Waals surface area contributed by atoms with Crippen LogP contribution < -0.4 is 25.5 Å². The Morgan fingerprint density at radius 2 is 1.00 bits per heavy atom. The number of fused-ring (bicyclic) bond motifs is 11. The Hall–Kier alpha value is -8.22. The van der Waals surface area contributed by atoms with Gasteiger partial charge in [-0.05, 0) is 157 Å². The van der Waals surface area contributed by atoms with Crippen molar-refractivity contribution in [1.29, 1.82) is 0 Å². The summed E-state index contributed by atoms with van der Waals surface area (Å²) in [6.07, 6.45) is 2.25. The Balaban J connectivity index is 1.12. The molecule has 0 radical (unpaired) electrons. The fourth-order valence-electron chi connectivity index (χ4n) is 13.8. The second-order valence-electron chi connectivity index (χ2n) is 28.1. The van der Waals surface area contributed by atoms with Crippen LogP contribution in [0.4, 0.5) is 45.7 Å². The molecule has 0 unspecified atom stereocenters. The largest absolute Gasteiger partial charge is 0.456 e. The summed E-state index contributed by atoms with van der Waals surface area (Å²) in [5.74, 6) is 0.810. The number of hydrogen-bond donors (Lipinski definition) is 0. The number of nitrogens with zero attached hydrogens (tertiary/aromatic N) is 3. The average molecular weight is 1070 g/mol. The van der Waals surface area contributed by atoms with Crippen molar-refractivity contribution in [1.82, 2.24) is 0 Å². The zero-order valence-electron chi connectivity index (χ0n) is 50.0. The highest BCUT2D eigenvalue weighted by Gasteiger charge is 2.50. The van der Waals surface area contributed by atoms with Crippen LogP contribution in [0.5, 0.6) is 0 Å². The minimum absolute atomic E-state index is 0.00219. The quantitative estimate of drug-likeness (QED) is 0.155. The first kappa shape index (κ1) is 51.9. The van der Waals surface area contributed by atoms with E-state index in [1.54, 1.807) is 0 Å². The van der Waals surface area contributed by atoms with E-state index in [4.69, 9.17) is 8.83 Å². The van der Waals surface area contributed by atoms with Crippen molar-refractivity contribution < 1.29 is 8.83 Å². The molecule has 5 nitrogen and oxygen atoms in total. The molecular formula is C76H74BN3O2. The zero-order chi connectivity index (χ0) is 57.0. The molecule has 408 valence electrons. The third-order valence-electron chi connectivity index (χ3n) is 18.6. The van der Waals surface area contributed by atoms with E-state index >= 15 is 0 Å². The van der Waals surface area contributed by atoms with Crippen LogP contribution >= 0.6 is 0 Å². The van der Waals surface area contributed by atoms with Gasteiger partial charge in [-0.1, -0.05) is 199 Å². The first-order chi connectivity index (χ1) is 39.0. The van der Waals surface area contributed by atoms with Gasteiger partial charge < -0.3 is 18.5 Å². The highest BCUT2D eigenvalue weighted by atomic mass is 16.4. The van der Waals surface area contributed by atoms with Crippen molar-refractivity contribution in [3.63, 3.8) is 0 Å². The molecular weight excluding hydrogens is 998 g/mol. The van der Waals surface area contributed by atoms with Gasteiger partial charge in [-0.15, -0.1) is 0 Å². The molecule has 3 aliphatic rings. The molecule has 11 aromatic rings. The van der Waals surface area contributed by atoms with Crippen LogP contribution in [-0.2, 0) is 27.1 Å². The van der Waals surface area contributed by atoms with Gasteiger partial charge in [0.15, 0.2) is 0 Å². The van der Waals surface area contributed by atoms with Crippen molar-refractivity contribution in [2.24, 2.45) is 0 Å². The Labute approximate surface area is 485 Å². The van der Waals surface area contributed by atoms with E-state index in [9.17, 15) is 0 Å². The SMILES string of the molecule is CC(C)(C)c1ccc(N(c2ccc(C(C)(C)C)cc2)c2ccc3c(c2)N(c2ccc4c(c2)C(C)(C)CCC4(C)C)B2c4c(cc5oc6ccccc6c5c4-3)N(c3ccc(C(C)(C)C)cc3-c3ccccc3)c3oc4ccccc4c32)cc1. The lowest BCUT2D eigenvalue weighted by Gasteiger charge is -2.46. The zero-order valence-corrected chi connectivity index (χ0v) is 50.0. The summed E-state index contributed by atoms with van der Waals surface area (Å²) in [6, 6.07) is 70.8. The van der Waals surface area contributed by atoms with Crippen molar-refractivity contribution in [3.8, 4) is 22.3 Å². The van der Waals surface area contributed by atoms with Gasteiger partial charge in [0.1, 0.15) is 16.7 Å². The molecule has 0 bridgehead atoms. The molecule has 14 rings (SSSR count). The molecule has 0 saturated carbocycles. The van der Waals surface area contributed by atoms with E-state index in [0.29, 0.717) is 0 Å². The van der Waals surface area contributed by atoms with E-state index < -0.39 is 0 Å². The third-order valence-corrected chi connectivity index (χ3v) is 18.6. The summed E-state index contributed by atoms with van der Waals surface area (Å²) in [4.78, 5) is 7.59. The molecule has 2 aromatic heterocycles. The highest BCUT2D eigenvalue weighted by molar-refractivity contribution is 6.95. The Morgan fingerprint density at radius 3 is 1.63 bits per heavy atom. The first-order valence-electron chi connectivity index (χ1n) is 29.6. The predicted octanol–water partition coefficient (Wildman–Crippen LogP) is 20.4. The third kappa shape index (κ3) is 8.17. The lowest BCUT2D eigenvalue weighted by atomic mass is 9.43. The number of rotatable bonds is 6. The predicted molar refractivity (Wildman–Crippen MR) is 349 cm³/mol. The van der Waals surface area contributed by atoms with E-state index in [1.807, 2.05) is 0 Å². The summed E-state index contributed by atoms with van der Waals surface area (Å²) in [5.41, 5.74) is 23.8. The fraction of sp³-hybridized carbons (Fsp3) is 0.263.